The minimum absolute atomic E-state index is 0.167. The van der Waals surface area contributed by atoms with E-state index in [9.17, 15) is 4.79 Å². The maximum absolute atomic E-state index is 12.5. The van der Waals surface area contributed by atoms with E-state index in [1.807, 2.05) is 85.8 Å². The van der Waals surface area contributed by atoms with Crippen molar-refractivity contribution in [2.24, 2.45) is 0 Å². The number of amides is 1. The van der Waals surface area contributed by atoms with Gasteiger partial charge in [-0.2, -0.15) is 0 Å². The number of nitrogens with zero attached hydrogens (tertiary/aromatic N) is 1. The molecule has 4 heteroatoms. The van der Waals surface area contributed by atoms with Gasteiger partial charge in [0.15, 0.2) is 0 Å². The molecule has 1 amide bonds. The van der Waals surface area contributed by atoms with E-state index in [0.717, 1.165) is 39.2 Å². The Morgan fingerprint density at radius 1 is 0.926 bits per heavy atom. The van der Waals surface area contributed by atoms with Gasteiger partial charge < -0.3 is 10.3 Å². The monoisotopic (exact) mass is 353 g/mol. The molecule has 0 spiro atoms. The van der Waals surface area contributed by atoms with E-state index < -0.39 is 0 Å². The van der Waals surface area contributed by atoms with Gasteiger partial charge in [0, 0.05) is 11.6 Å². The number of carbonyl (C=O) groups is 1. The molecule has 1 aromatic heterocycles. The van der Waals surface area contributed by atoms with Crippen LogP contribution in [0.25, 0.3) is 28.0 Å². The number of imidazole rings is 1. The fourth-order valence-electron chi connectivity index (χ4n) is 3.03. The molecule has 4 nitrogen and oxygen atoms in total. The predicted molar refractivity (Wildman–Crippen MR) is 110 cm³/mol. The number of anilines is 1. The Balaban J connectivity index is 1.62. The van der Waals surface area contributed by atoms with Crippen molar-refractivity contribution in [3.8, 4) is 11.4 Å². The van der Waals surface area contributed by atoms with Gasteiger partial charge in [-0.1, -0.05) is 54.6 Å². The van der Waals surface area contributed by atoms with Crippen LogP contribution in [-0.2, 0) is 4.79 Å². The number of carbonyl (C=O) groups excluding carboxylic acids is 1. The van der Waals surface area contributed by atoms with Crippen LogP contribution in [0.15, 0.2) is 84.9 Å². The third kappa shape index (κ3) is 3.65. The van der Waals surface area contributed by atoms with Gasteiger partial charge in [0.05, 0.1) is 16.7 Å². The van der Waals surface area contributed by atoms with E-state index in [0.29, 0.717) is 0 Å². The van der Waals surface area contributed by atoms with Gasteiger partial charge in [-0.3, -0.25) is 4.79 Å². The normalized spacial score (nSPS) is 11.5. The van der Waals surface area contributed by atoms with Gasteiger partial charge in [-0.15, -0.1) is 0 Å². The van der Waals surface area contributed by atoms with Crippen LogP contribution in [0.3, 0.4) is 0 Å². The first-order chi connectivity index (χ1) is 13.2. The van der Waals surface area contributed by atoms with E-state index in [4.69, 9.17) is 0 Å². The highest BCUT2D eigenvalue weighted by Crippen LogP contribution is 2.27. The highest BCUT2D eigenvalue weighted by molar-refractivity contribution is 6.05. The summed E-state index contributed by atoms with van der Waals surface area (Å²) in [7, 11) is 0. The molecule has 0 fully saturated rings. The topological polar surface area (TPSA) is 57.8 Å². The van der Waals surface area contributed by atoms with Crippen molar-refractivity contribution in [3.63, 3.8) is 0 Å². The number of H-pyrrole nitrogens is 1. The number of fused-ring (bicyclic) bond motifs is 1. The Bertz CT molecular complexity index is 1090. The van der Waals surface area contributed by atoms with Crippen molar-refractivity contribution >= 4 is 28.2 Å². The molecule has 0 saturated carbocycles. The number of benzene rings is 3. The van der Waals surface area contributed by atoms with Crippen LogP contribution in [0.2, 0.25) is 0 Å². The number of aromatic nitrogens is 2. The molecule has 0 aliphatic rings. The second kappa shape index (κ2) is 7.30. The summed E-state index contributed by atoms with van der Waals surface area (Å²) < 4.78 is 0. The molecule has 4 rings (SSSR count). The maximum Gasteiger partial charge on any atom is 0.248 e. The van der Waals surface area contributed by atoms with Crippen LogP contribution in [-0.4, -0.2) is 15.9 Å². The molecule has 3 aromatic carbocycles. The summed E-state index contributed by atoms with van der Waals surface area (Å²) in [5, 5.41) is 2.98. The molecule has 0 radical (unpaired) electrons. The van der Waals surface area contributed by atoms with E-state index in [1.54, 1.807) is 6.08 Å². The smallest absolute Gasteiger partial charge is 0.248 e. The third-order valence-electron chi connectivity index (χ3n) is 4.41. The van der Waals surface area contributed by atoms with Gasteiger partial charge in [-0.25, -0.2) is 4.98 Å². The molecule has 0 bridgehead atoms. The summed E-state index contributed by atoms with van der Waals surface area (Å²) in [6.45, 7) is 1.93. The van der Waals surface area contributed by atoms with E-state index in [-0.39, 0.29) is 5.91 Å². The zero-order chi connectivity index (χ0) is 18.6. The Kier molecular flexibility index (Phi) is 4.54. The van der Waals surface area contributed by atoms with Crippen LogP contribution in [0.1, 0.15) is 12.5 Å². The fourth-order valence-corrected chi connectivity index (χ4v) is 3.03. The molecular formula is C23H19N3O. The van der Waals surface area contributed by atoms with Crippen LogP contribution in [0, 0.1) is 0 Å². The van der Waals surface area contributed by atoms with Gasteiger partial charge >= 0.3 is 0 Å². The summed E-state index contributed by atoms with van der Waals surface area (Å²) in [6, 6.07) is 25.4. The van der Waals surface area contributed by atoms with Crippen molar-refractivity contribution in [1.82, 2.24) is 9.97 Å². The van der Waals surface area contributed by atoms with Gasteiger partial charge in [-0.05, 0) is 42.3 Å². The average Bonchev–Trinajstić information content (AvgIpc) is 3.13. The Morgan fingerprint density at radius 2 is 1.63 bits per heavy atom. The first-order valence-corrected chi connectivity index (χ1v) is 8.79. The van der Waals surface area contributed by atoms with E-state index >= 15 is 0 Å². The molecule has 2 N–H and O–H groups in total. The summed E-state index contributed by atoms with van der Waals surface area (Å²) in [5.41, 5.74) is 5.38. The number of allylic oxidation sites excluding steroid dienone is 1. The molecule has 27 heavy (non-hydrogen) atoms. The second-order valence-electron chi connectivity index (χ2n) is 6.33. The molecule has 0 aliphatic carbocycles. The lowest BCUT2D eigenvalue weighted by atomic mass is 10.1. The second-order valence-corrected chi connectivity index (χ2v) is 6.33. The summed E-state index contributed by atoms with van der Waals surface area (Å²) in [5.74, 6) is 0.566. The Labute approximate surface area is 157 Å². The maximum atomic E-state index is 12.5. The molecule has 0 unspecified atom stereocenters. The van der Waals surface area contributed by atoms with Crippen molar-refractivity contribution in [3.05, 3.63) is 90.5 Å². The van der Waals surface area contributed by atoms with Crippen molar-refractivity contribution in [2.45, 2.75) is 6.92 Å². The Hall–Kier alpha value is -3.66. The first kappa shape index (κ1) is 16.8. The lowest BCUT2D eigenvalue weighted by Crippen LogP contribution is -2.09. The number of aromatic amines is 1. The largest absolute Gasteiger partial charge is 0.338 e. The first-order valence-electron chi connectivity index (χ1n) is 8.79. The van der Waals surface area contributed by atoms with Crippen molar-refractivity contribution < 1.29 is 4.79 Å². The van der Waals surface area contributed by atoms with Crippen LogP contribution in [0.5, 0.6) is 0 Å². The van der Waals surface area contributed by atoms with Gasteiger partial charge in [0.2, 0.25) is 5.91 Å². The highest BCUT2D eigenvalue weighted by Gasteiger charge is 2.11. The molecule has 0 aliphatic heterocycles. The van der Waals surface area contributed by atoms with Crippen molar-refractivity contribution in [1.29, 1.82) is 0 Å². The number of hydrogen-bond donors (Lipinski definition) is 2. The minimum Gasteiger partial charge on any atom is -0.338 e. The standard InChI is InChI=1S/C23H19N3O/c1-16(17-9-3-2-4-10-17)15-22(27)24-19-12-6-5-11-18(19)23-25-20-13-7-8-14-21(20)26-23/h2-15H,1H3,(H,24,27)(H,25,26)/b16-15-. The lowest BCUT2D eigenvalue weighted by molar-refractivity contribution is -0.111. The van der Waals surface area contributed by atoms with Gasteiger partial charge in [0.1, 0.15) is 5.82 Å². The molecular weight excluding hydrogens is 334 g/mol. The average molecular weight is 353 g/mol. The SMILES string of the molecule is C/C(=C/C(=O)Nc1ccccc1-c1nc2ccccc2[nH]1)c1ccccc1. The predicted octanol–water partition coefficient (Wildman–Crippen LogP) is 5.27. The highest BCUT2D eigenvalue weighted by atomic mass is 16.1. The lowest BCUT2D eigenvalue weighted by Gasteiger charge is -2.08. The molecule has 0 atom stereocenters. The van der Waals surface area contributed by atoms with E-state index in [2.05, 4.69) is 15.3 Å². The number of para-hydroxylation sites is 3. The number of hydrogen-bond acceptors (Lipinski definition) is 2. The van der Waals surface area contributed by atoms with Crippen LogP contribution >= 0.6 is 0 Å². The zero-order valence-corrected chi connectivity index (χ0v) is 14.9. The van der Waals surface area contributed by atoms with Crippen molar-refractivity contribution in [2.75, 3.05) is 5.32 Å². The molecule has 4 aromatic rings. The Morgan fingerprint density at radius 3 is 2.44 bits per heavy atom. The minimum atomic E-state index is -0.167. The number of rotatable bonds is 4. The van der Waals surface area contributed by atoms with Crippen LogP contribution < -0.4 is 5.32 Å². The molecule has 132 valence electrons. The summed E-state index contributed by atoms with van der Waals surface area (Å²) in [6.07, 6.45) is 1.62. The zero-order valence-electron chi connectivity index (χ0n) is 14.9. The number of nitrogens with one attached hydrogen (secondary N) is 2. The third-order valence-corrected chi connectivity index (χ3v) is 4.41. The van der Waals surface area contributed by atoms with E-state index in [1.165, 1.54) is 0 Å². The quantitative estimate of drug-likeness (QED) is 0.491. The van der Waals surface area contributed by atoms with Gasteiger partial charge in [0.25, 0.3) is 0 Å². The van der Waals surface area contributed by atoms with Crippen LogP contribution in [0.4, 0.5) is 5.69 Å². The molecule has 0 saturated heterocycles. The molecule has 1 heterocycles. The fraction of sp³-hybridized carbons (Fsp3) is 0.0435. The summed E-state index contributed by atoms with van der Waals surface area (Å²) >= 11 is 0. The summed E-state index contributed by atoms with van der Waals surface area (Å²) in [4.78, 5) is 20.5.